The van der Waals surface area contributed by atoms with Crippen molar-refractivity contribution in [1.82, 2.24) is 0 Å². The molecule has 11 heteroatoms. The van der Waals surface area contributed by atoms with Gasteiger partial charge in [0.15, 0.2) is 24.8 Å². The first-order chi connectivity index (χ1) is 19.5. The molecule has 4 aliphatic rings. The minimum absolute atomic E-state index is 0.160. The lowest BCUT2D eigenvalue weighted by Crippen LogP contribution is -2.64. The van der Waals surface area contributed by atoms with E-state index in [0.717, 1.165) is 11.1 Å². The number of esters is 2. The van der Waals surface area contributed by atoms with Gasteiger partial charge in [0, 0.05) is 6.92 Å². The Hall–Kier alpha value is -2.90. The Morgan fingerprint density at radius 3 is 2.08 bits per heavy atom. The highest BCUT2D eigenvalue weighted by molar-refractivity contribution is 5.76. The Morgan fingerprint density at radius 1 is 0.800 bits per heavy atom. The maximum Gasteiger partial charge on any atom is 0.339 e. The van der Waals surface area contributed by atoms with Crippen LogP contribution < -0.4 is 0 Å². The van der Waals surface area contributed by atoms with Crippen LogP contribution in [-0.2, 0) is 65.4 Å². The molecule has 0 radical (unpaired) electrons. The Morgan fingerprint density at radius 2 is 1.45 bits per heavy atom. The third-order valence-electron chi connectivity index (χ3n) is 7.35. The summed E-state index contributed by atoms with van der Waals surface area (Å²) in [5.41, 5.74) is 1.79. The molecular formula is C29H32O11. The highest BCUT2D eigenvalue weighted by atomic mass is 16.8. The molecule has 0 amide bonds. The summed E-state index contributed by atoms with van der Waals surface area (Å²) in [7, 11) is 1.23. The van der Waals surface area contributed by atoms with Gasteiger partial charge in [-0.25, -0.2) is 4.79 Å². The molecule has 4 heterocycles. The number of epoxide rings is 1. The summed E-state index contributed by atoms with van der Waals surface area (Å²) in [5.74, 6) is -1.35. The van der Waals surface area contributed by atoms with Crippen LogP contribution in [0, 0.1) is 0 Å². The zero-order chi connectivity index (χ0) is 27.6. The van der Waals surface area contributed by atoms with Gasteiger partial charge < -0.3 is 42.6 Å². The van der Waals surface area contributed by atoms with E-state index in [1.54, 1.807) is 0 Å². The molecule has 0 aromatic heterocycles. The van der Waals surface area contributed by atoms with Crippen LogP contribution >= 0.6 is 0 Å². The summed E-state index contributed by atoms with van der Waals surface area (Å²) in [6.07, 6.45) is -7.27. The molecule has 4 saturated heterocycles. The van der Waals surface area contributed by atoms with Crippen molar-refractivity contribution in [1.29, 1.82) is 0 Å². The molecule has 10 atom stereocenters. The van der Waals surface area contributed by atoms with Crippen molar-refractivity contribution in [3.63, 3.8) is 0 Å². The van der Waals surface area contributed by atoms with Gasteiger partial charge in [0.1, 0.15) is 36.6 Å². The summed E-state index contributed by atoms with van der Waals surface area (Å²) >= 11 is 0. The van der Waals surface area contributed by atoms with E-state index in [0.29, 0.717) is 6.61 Å². The number of hydrogen-bond acceptors (Lipinski definition) is 11. The van der Waals surface area contributed by atoms with Crippen LogP contribution in [-0.4, -0.2) is 87.1 Å². The number of carbonyl (C=O) groups is 2. The first-order valence-corrected chi connectivity index (χ1v) is 13.3. The van der Waals surface area contributed by atoms with Crippen LogP contribution in [0.1, 0.15) is 18.1 Å². The molecule has 6 unspecified atom stereocenters. The zero-order valence-electron chi connectivity index (χ0n) is 22.2. The van der Waals surface area contributed by atoms with Crippen molar-refractivity contribution in [3.05, 3.63) is 71.8 Å². The summed E-state index contributed by atoms with van der Waals surface area (Å²) in [5, 5.41) is 0. The Bertz CT molecular complexity index is 1160. The fourth-order valence-electron chi connectivity index (χ4n) is 5.38. The van der Waals surface area contributed by atoms with Gasteiger partial charge in [-0.15, -0.1) is 0 Å². The van der Waals surface area contributed by atoms with Crippen LogP contribution in [0.4, 0.5) is 0 Å². The summed E-state index contributed by atoms with van der Waals surface area (Å²) < 4.78 is 53.4. The van der Waals surface area contributed by atoms with Crippen LogP contribution in [0.15, 0.2) is 60.7 Å². The third-order valence-corrected chi connectivity index (χ3v) is 7.35. The highest BCUT2D eigenvalue weighted by Crippen LogP contribution is 2.44. The molecule has 11 nitrogen and oxygen atoms in total. The van der Waals surface area contributed by atoms with E-state index in [9.17, 15) is 9.59 Å². The largest absolute Gasteiger partial charge is 0.467 e. The Labute approximate surface area is 231 Å². The van der Waals surface area contributed by atoms with Crippen LogP contribution in [0.2, 0.25) is 0 Å². The van der Waals surface area contributed by atoms with E-state index in [4.69, 9.17) is 42.6 Å². The predicted molar refractivity (Wildman–Crippen MR) is 134 cm³/mol. The fraction of sp³-hybridized carbons (Fsp3) is 0.517. The van der Waals surface area contributed by atoms with E-state index in [2.05, 4.69) is 0 Å². The third kappa shape index (κ3) is 5.77. The SMILES string of the molecule is COC(=O)C1O[C@@H](O[C@@H]2C3CO[C@H](O3)C3OC32)C(OCc2ccccc2)C(OCc2ccccc2)[C@@H]1OC(C)=O. The normalized spacial score (nSPS) is 36.0. The first-order valence-electron chi connectivity index (χ1n) is 13.3. The maximum atomic E-state index is 12.9. The minimum Gasteiger partial charge on any atom is -0.467 e. The predicted octanol–water partition coefficient (Wildman–Crippen LogP) is 1.89. The minimum atomic E-state index is -1.33. The molecule has 6 rings (SSSR count). The molecule has 0 aliphatic carbocycles. The van der Waals surface area contributed by atoms with Gasteiger partial charge in [0.2, 0.25) is 0 Å². The topological polar surface area (TPSA) is 121 Å². The second kappa shape index (κ2) is 11.9. The average Bonchev–Trinajstić information content (AvgIpc) is 3.66. The Balaban J connectivity index is 1.32. The lowest BCUT2D eigenvalue weighted by Gasteiger charge is -2.45. The Kier molecular flexibility index (Phi) is 8.12. The lowest BCUT2D eigenvalue weighted by atomic mass is 9.97. The quantitative estimate of drug-likeness (QED) is 0.315. The van der Waals surface area contributed by atoms with Crippen molar-refractivity contribution in [3.8, 4) is 0 Å². The number of methoxy groups -OCH3 is 1. The number of benzene rings is 2. The van der Waals surface area contributed by atoms with Gasteiger partial charge in [0.05, 0.1) is 26.9 Å². The van der Waals surface area contributed by atoms with Gasteiger partial charge >= 0.3 is 11.9 Å². The molecule has 0 spiro atoms. The van der Waals surface area contributed by atoms with Gasteiger partial charge in [-0.05, 0) is 11.1 Å². The molecule has 214 valence electrons. The molecule has 2 aromatic rings. The van der Waals surface area contributed by atoms with Gasteiger partial charge in [-0.1, -0.05) is 60.7 Å². The molecule has 40 heavy (non-hydrogen) atoms. The van der Waals surface area contributed by atoms with Gasteiger partial charge in [-0.2, -0.15) is 0 Å². The molecule has 0 saturated carbocycles. The van der Waals surface area contributed by atoms with Crippen molar-refractivity contribution < 1.29 is 52.2 Å². The standard InChI is InChI=1S/C29H32O11/c1-16(30)36-23-21(33-13-17-9-5-3-6-10-17)25(34-14-18-11-7-4-8-12-18)29(40-24(23)27(31)32-2)39-20-19-15-35-28(37-19)26-22(20)38-26/h3-12,19-26,28-29H,13-15H2,1-2H3/t19?,20-,21?,22?,23+,24?,25?,26?,28-,29-/m1/s1. The number of hydrogen-bond donors (Lipinski definition) is 0. The molecule has 2 aromatic carbocycles. The van der Waals surface area contributed by atoms with Crippen molar-refractivity contribution >= 4 is 11.9 Å². The second-order valence-corrected chi connectivity index (χ2v) is 10.1. The average molecular weight is 557 g/mol. The van der Waals surface area contributed by atoms with Crippen molar-refractivity contribution in [2.75, 3.05) is 13.7 Å². The van der Waals surface area contributed by atoms with Crippen molar-refractivity contribution in [2.24, 2.45) is 0 Å². The maximum absolute atomic E-state index is 12.9. The monoisotopic (exact) mass is 556 g/mol. The first kappa shape index (κ1) is 27.3. The van der Waals surface area contributed by atoms with Crippen molar-refractivity contribution in [2.45, 2.75) is 81.5 Å². The van der Waals surface area contributed by atoms with E-state index >= 15 is 0 Å². The van der Waals surface area contributed by atoms with Crippen LogP contribution in [0.3, 0.4) is 0 Å². The summed E-state index contributed by atoms with van der Waals surface area (Å²) in [4.78, 5) is 25.1. The van der Waals surface area contributed by atoms with E-state index < -0.39 is 55.0 Å². The fourth-order valence-corrected chi connectivity index (χ4v) is 5.38. The summed E-state index contributed by atoms with van der Waals surface area (Å²) in [6.45, 7) is 1.95. The molecule has 2 bridgehead atoms. The second-order valence-electron chi connectivity index (χ2n) is 10.1. The number of fused-ring (bicyclic) bond motifs is 4. The van der Waals surface area contributed by atoms with E-state index in [-0.39, 0.29) is 31.5 Å². The molecular weight excluding hydrogens is 524 g/mol. The van der Waals surface area contributed by atoms with Crippen LogP contribution in [0.5, 0.6) is 0 Å². The molecule has 0 N–H and O–H groups in total. The van der Waals surface area contributed by atoms with Gasteiger partial charge in [-0.3, -0.25) is 4.79 Å². The lowest BCUT2D eigenvalue weighted by molar-refractivity contribution is -0.330. The molecule has 4 aliphatic heterocycles. The highest BCUT2D eigenvalue weighted by Gasteiger charge is 2.64. The van der Waals surface area contributed by atoms with E-state index in [1.807, 2.05) is 60.7 Å². The summed E-state index contributed by atoms with van der Waals surface area (Å²) in [6, 6.07) is 19.1. The van der Waals surface area contributed by atoms with E-state index in [1.165, 1.54) is 14.0 Å². The number of carbonyl (C=O) groups excluding carboxylic acids is 2. The van der Waals surface area contributed by atoms with Gasteiger partial charge in [0.25, 0.3) is 0 Å². The van der Waals surface area contributed by atoms with Crippen LogP contribution in [0.25, 0.3) is 0 Å². The smallest absolute Gasteiger partial charge is 0.339 e. The number of rotatable bonds is 10. The molecule has 4 fully saturated rings. The number of ether oxygens (including phenoxy) is 9. The zero-order valence-corrected chi connectivity index (χ0v) is 22.2.